The van der Waals surface area contributed by atoms with Crippen LogP contribution in [0.5, 0.6) is 0 Å². The summed E-state index contributed by atoms with van der Waals surface area (Å²) in [6.07, 6.45) is 4.05. The summed E-state index contributed by atoms with van der Waals surface area (Å²) in [7, 11) is 1.74. The van der Waals surface area contributed by atoms with Crippen LogP contribution in [0.4, 0.5) is 0 Å². The van der Waals surface area contributed by atoms with E-state index in [0.29, 0.717) is 12.6 Å². The molecule has 2 heteroatoms. The summed E-state index contributed by atoms with van der Waals surface area (Å²) < 4.78 is 5.13. The lowest BCUT2D eigenvalue weighted by Gasteiger charge is -2.21. The molecular formula is C17H27NO. The van der Waals surface area contributed by atoms with E-state index in [1.165, 1.54) is 30.4 Å². The van der Waals surface area contributed by atoms with Crippen LogP contribution in [-0.2, 0) is 17.9 Å². The van der Waals surface area contributed by atoms with Crippen LogP contribution in [0.2, 0.25) is 0 Å². The highest BCUT2D eigenvalue weighted by Gasteiger charge is 2.30. The average molecular weight is 261 g/mol. The van der Waals surface area contributed by atoms with Crippen LogP contribution >= 0.6 is 0 Å². The summed E-state index contributed by atoms with van der Waals surface area (Å²) in [6, 6.07) is 9.43. The van der Waals surface area contributed by atoms with Crippen molar-refractivity contribution in [3.8, 4) is 0 Å². The van der Waals surface area contributed by atoms with E-state index >= 15 is 0 Å². The average Bonchev–Trinajstić information content (AvgIpc) is 2.79. The third-order valence-corrected chi connectivity index (χ3v) is 4.65. The van der Waals surface area contributed by atoms with Crippen LogP contribution in [-0.4, -0.2) is 13.2 Å². The maximum atomic E-state index is 5.13. The molecule has 0 amide bonds. The molecule has 0 spiro atoms. The van der Waals surface area contributed by atoms with Gasteiger partial charge in [0.05, 0.1) is 6.61 Å². The summed E-state index contributed by atoms with van der Waals surface area (Å²) in [5.74, 6) is 1.74. The van der Waals surface area contributed by atoms with Gasteiger partial charge >= 0.3 is 0 Å². The number of methoxy groups -OCH3 is 1. The highest BCUT2D eigenvalue weighted by Crippen LogP contribution is 2.33. The molecule has 1 fully saturated rings. The normalized spacial score (nSPS) is 26.8. The Morgan fingerprint density at radius 2 is 1.84 bits per heavy atom. The molecular weight excluding hydrogens is 234 g/mol. The molecule has 106 valence electrons. The van der Waals surface area contributed by atoms with Gasteiger partial charge in [0.25, 0.3) is 0 Å². The lowest BCUT2D eigenvalue weighted by atomic mass is 9.93. The second kappa shape index (κ2) is 7.06. The Morgan fingerprint density at radius 3 is 2.42 bits per heavy atom. The Hall–Kier alpha value is -0.860. The number of benzene rings is 1. The zero-order valence-electron chi connectivity index (χ0n) is 12.5. The maximum Gasteiger partial charge on any atom is 0.0713 e. The molecule has 1 saturated carbocycles. The number of nitrogens with one attached hydrogen (secondary N) is 1. The smallest absolute Gasteiger partial charge is 0.0713 e. The van der Waals surface area contributed by atoms with Gasteiger partial charge in [0.2, 0.25) is 0 Å². The largest absolute Gasteiger partial charge is 0.380 e. The molecule has 1 aliphatic carbocycles. The van der Waals surface area contributed by atoms with Crippen molar-refractivity contribution in [3.63, 3.8) is 0 Å². The first kappa shape index (κ1) is 14.5. The minimum atomic E-state index is 0.698. The van der Waals surface area contributed by atoms with Crippen LogP contribution in [0.15, 0.2) is 24.3 Å². The number of hydrogen-bond acceptors (Lipinski definition) is 2. The van der Waals surface area contributed by atoms with Crippen LogP contribution in [0, 0.1) is 11.8 Å². The lowest BCUT2D eigenvalue weighted by Crippen LogP contribution is -2.32. The van der Waals surface area contributed by atoms with Crippen molar-refractivity contribution < 1.29 is 4.74 Å². The molecule has 3 unspecified atom stereocenters. The van der Waals surface area contributed by atoms with Crippen molar-refractivity contribution in [3.05, 3.63) is 35.4 Å². The summed E-state index contributed by atoms with van der Waals surface area (Å²) in [5.41, 5.74) is 2.61. The van der Waals surface area contributed by atoms with Crippen molar-refractivity contribution in [2.24, 2.45) is 11.8 Å². The Balaban J connectivity index is 1.82. The van der Waals surface area contributed by atoms with Crippen molar-refractivity contribution in [2.75, 3.05) is 7.11 Å². The maximum absolute atomic E-state index is 5.13. The Labute approximate surface area is 117 Å². The summed E-state index contributed by atoms with van der Waals surface area (Å²) >= 11 is 0. The van der Waals surface area contributed by atoms with E-state index < -0.39 is 0 Å². The molecule has 19 heavy (non-hydrogen) atoms. The summed E-state index contributed by atoms with van der Waals surface area (Å²) in [6.45, 7) is 6.41. The summed E-state index contributed by atoms with van der Waals surface area (Å²) in [5, 5.41) is 3.73. The van der Waals surface area contributed by atoms with Gasteiger partial charge in [-0.05, 0) is 35.8 Å². The molecule has 1 aromatic rings. The molecule has 0 heterocycles. The Bertz CT molecular complexity index is 373. The fourth-order valence-electron chi connectivity index (χ4n) is 3.28. The fraction of sp³-hybridized carbons (Fsp3) is 0.647. The molecule has 3 atom stereocenters. The van der Waals surface area contributed by atoms with E-state index in [2.05, 4.69) is 43.4 Å². The predicted octanol–water partition coefficient (Wildman–Crippen LogP) is 3.75. The first-order chi connectivity index (χ1) is 9.24. The lowest BCUT2D eigenvalue weighted by molar-refractivity contribution is 0.185. The van der Waals surface area contributed by atoms with Crippen LogP contribution in [0.1, 0.15) is 44.2 Å². The zero-order chi connectivity index (χ0) is 13.7. The molecule has 1 aliphatic rings. The Kier molecular flexibility index (Phi) is 5.41. The van der Waals surface area contributed by atoms with Crippen LogP contribution < -0.4 is 5.32 Å². The van der Waals surface area contributed by atoms with E-state index in [4.69, 9.17) is 4.74 Å². The Morgan fingerprint density at radius 1 is 1.16 bits per heavy atom. The van der Waals surface area contributed by atoms with Gasteiger partial charge in [0.1, 0.15) is 0 Å². The molecule has 2 rings (SSSR count). The molecule has 1 N–H and O–H groups in total. The number of rotatable bonds is 6. The van der Waals surface area contributed by atoms with Gasteiger partial charge < -0.3 is 10.1 Å². The van der Waals surface area contributed by atoms with E-state index in [9.17, 15) is 0 Å². The quantitative estimate of drug-likeness (QED) is 0.842. The van der Waals surface area contributed by atoms with Gasteiger partial charge in [-0.1, -0.05) is 44.5 Å². The predicted molar refractivity (Wildman–Crippen MR) is 80.0 cm³/mol. The highest BCUT2D eigenvalue weighted by molar-refractivity contribution is 5.22. The molecule has 0 aromatic heterocycles. The first-order valence-corrected chi connectivity index (χ1v) is 7.54. The summed E-state index contributed by atoms with van der Waals surface area (Å²) in [4.78, 5) is 0. The first-order valence-electron chi connectivity index (χ1n) is 7.54. The monoisotopic (exact) mass is 261 g/mol. The standard InChI is InChI=1S/C17H27NO/c1-4-16-9-10-17(13(16)2)18-11-14-5-7-15(8-6-14)12-19-3/h5-8,13,16-18H,4,9-12H2,1-3H3. The van der Waals surface area contributed by atoms with Gasteiger partial charge in [-0.2, -0.15) is 0 Å². The molecule has 0 radical (unpaired) electrons. The second-order valence-corrected chi connectivity index (χ2v) is 5.84. The molecule has 1 aromatic carbocycles. The van der Waals surface area contributed by atoms with E-state index in [0.717, 1.165) is 18.4 Å². The highest BCUT2D eigenvalue weighted by atomic mass is 16.5. The van der Waals surface area contributed by atoms with Gasteiger partial charge in [-0.15, -0.1) is 0 Å². The van der Waals surface area contributed by atoms with Crippen molar-refractivity contribution in [1.82, 2.24) is 5.32 Å². The SMILES string of the molecule is CCC1CCC(NCc2ccc(COC)cc2)C1C. The topological polar surface area (TPSA) is 21.3 Å². The van der Waals surface area contributed by atoms with Crippen molar-refractivity contribution in [1.29, 1.82) is 0 Å². The minimum Gasteiger partial charge on any atom is -0.380 e. The molecule has 2 nitrogen and oxygen atoms in total. The van der Waals surface area contributed by atoms with E-state index in [-0.39, 0.29) is 0 Å². The van der Waals surface area contributed by atoms with Gasteiger partial charge in [0.15, 0.2) is 0 Å². The number of hydrogen-bond donors (Lipinski definition) is 1. The fourth-order valence-corrected chi connectivity index (χ4v) is 3.28. The second-order valence-electron chi connectivity index (χ2n) is 5.84. The van der Waals surface area contributed by atoms with Gasteiger partial charge in [-0.3, -0.25) is 0 Å². The van der Waals surface area contributed by atoms with Crippen LogP contribution in [0.25, 0.3) is 0 Å². The molecule has 0 aliphatic heterocycles. The van der Waals surface area contributed by atoms with E-state index in [1.807, 2.05) is 0 Å². The molecule has 0 saturated heterocycles. The van der Waals surface area contributed by atoms with E-state index in [1.54, 1.807) is 7.11 Å². The minimum absolute atomic E-state index is 0.698. The third-order valence-electron chi connectivity index (χ3n) is 4.65. The zero-order valence-corrected chi connectivity index (χ0v) is 12.5. The molecule has 0 bridgehead atoms. The van der Waals surface area contributed by atoms with Gasteiger partial charge in [-0.25, -0.2) is 0 Å². The number of ether oxygens (including phenoxy) is 1. The van der Waals surface area contributed by atoms with Crippen molar-refractivity contribution in [2.45, 2.75) is 52.3 Å². The van der Waals surface area contributed by atoms with Crippen molar-refractivity contribution >= 4 is 0 Å². The van der Waals surface area contributed by atoms with Gasteiger partial charge in [0, 0.05) is 19.7 Å². The van der Waals surface area contributed by atoms with Crippen LogP contribution in [0.3, 0.4) is 0 Å². The third kappa shape index (κ3) is 3.80.